The van der Waals surface area contributed by atoms with Crippen LogP contribution in [-0.4, -0.2) is 81.0 Å². The number of halogens is 1. The van der Waals surface area contributed by atoms with E-state index in [1.165, 1.54) is 0 Å². The van der Waals surface area contributed by atoms with E-state index in [9.17, 15) is 14.7 Å². The molecular formula is C34H54ClN3O3. The summed E-state index contributed by atoms with van der Waals surface area (Å²) in [7, 11) is 0. The molecule has 6 nitrogen and oxygen atoms in total. The molecule has 2 amide bonds. The topological polar surface area (TPSA) is 64.1 Å². The molecule has 2 saturated heterocycles. The number of carbonyl (C=O) groups excluding carboxylic acids is 2. The molecule has 1 aliphatic carbocycles. The first kappa shape index (κ1) is 32.3. The first-order valence-electron chi connectivity index (χ1n) is 15.7. The molecule has 230 valence electrons. The Kier molecular flexibility index (Phi) is 9.30. The van der Waals surface area contributed by atoms with Crippen LogP contribution in [0.5, 0.6) is 0 Å². The molecule has 3 aliphatic rings. The van der Waals surface area contributed by atoms with Gasteiger partial charge in [0.25, 0.3) is 0 Å². The largest absolute Gasteiger partial charge is 0.391 e. The Morgan fingerprint density at radius 1 is 0.976 bits per heavy atom. The van der Waals surface area contributed by atoms with Crippen molar-refractivity contribution in [3.8, 4) is 0 Å². The predicted octanol–water partition coefficient (Wildman–Crippen LogP) is 6.35. The van der Waals surface area contributed by atoms with Gasteiger partial charge in [0, 0.05) is 47.6 Å². The molecule has 0 spiro atoms. The van der Waals surface area contributed by atoms with E-state index in [4.69, 9.17) is 11.6 Å². The Morgan fingerprint density at radius 3 is 2.07 bits per heavy atom. The van der Waals surface area contributed by atoms with Gasteiger partial charge in [0.1, 0.15) is 0 Å². The summed E-state index contributed by atoms with van der Waals surface area (Å²) in [5.74, 6) is 0.0703. The fourth-order valence-corrected chi connectivity index (χ4v) is 7.42. The Hall–Kier alpha value is -1.63. The van der Waals surface area contributed by atoms with Crippen molar-refractivity contribution < 1.29 is 14.7 Å². The molecule has 1 aromatic carbocycles. The Morgan fingerprint density at radius 2 is 1.56 bits per heavy atom. The van der Waals surface area contributed by atoms with Crippen LogP contribution in [0.25, 0.3) is 0 Å². The highest BCUT2D eigenvalue weighted by atomic mass is 35.5. The van der Waals surface area contributed by atoms with E-state index in [-0.39, 0.29) is 47.3 Å². The average Bonchev–Trinajstić information content (AvgIpc) is 3.50. The highest BCUT2D eigenvalue weighted by Gasteiger charge is 2.50. The van der Waals surface area contributed by atoms with Crippen molar-refractivity contribution in [2.45, 2.75) is 130 Å². The van der Waals surface area contributed by atoms with Crippen LogP contribution in [0, 0.1) is 16.7 Å². The number of benzene rings is 1. The zero-order chi connectivity index (χ0) is 30.5. The molecule has 3 fully saturated rings. The van der Waals surface area contributed by atoms with Crippen LogP contribution in [0.2, 0.25) is 5.02 Å². The van der Waals surface area contributed by atoms with Gasteiger partial charge in [-0.1, -0.05) is 58.4 Å². The Bertz CT molecular complexity index is 1080. The van der Waals surface area contributed by atoms with Crippen molar-refractivity contribution in [2.24, 2.45) is 16.7 Å². The quantitative estimate of drug-likeness (QED) is 0.436. The lowest BCUT2D eigenvalue weighted by atomic mass is 9.74. The number of aliphatic hydroxyl groups excluding tert-OH is 1. The van der Waals surface area contributed by atoms with Gasteiger partial charge in [-0.2, -0.15) is 0 Å². The zero-order valence-electron chi connectivity index (χ0n) is 26.9. The lowest BCUT2D eigenvalue weighted by Crippen LogP contribution is -2.54. The first-order chi connectivity index (χ1) is 18.9. The van der Waals surface area contributed by atoms with Gasteiger partial charge in [-0.3, -0.25) is 14.5 Å². The number of hydrogen-bond donors (Lipinski definition) is 1. The van der Waals surface area contributed by atoms with Crippen LogP contribution >= 0.6 is 11.6 Å². The zero-order valence-corrected chi connectivity index (χ0v) is 27.7. The molecule has 0 bridgehead atoms. The van der Waals surface area contributed by atoms with Gasteiger partial charge in [-0.05, 0) is 82.9 Å². The van der Waals surface area contributed by atoms with E-state index in [0.29, 0.717) is 29.9 Å². The summed E-state index contributed by atoms with van der Waals surface area (Å²) in [5.41, 5.74) is 0.841. The van der Waals surface area contributed by atoms with Gasteiger partial charge in [0.05, 0.1) is 24.1 Å². The fourth-order valence-electron chi connectivity index (χ4n) is 7.30. The molecule has 41 heavy (non-hydrogen) atoms. The third-order valence-corrected chi connectivity index (χ3v) is 10.3. The number of likely N-dealkylation sites (tertiary alicyclic amines) is 2. The van der Waals surface area contributed by atoms with Gasteiger partial charge in [-0.15, -0.1) is 0 Å². The highest BCUT2D eigenvalue weighted by molar-refractivity contribution is 6.30. The van der Waals surface area contributed by atoms with Crippen molar-refractivity contribution in [3.05, 3.63) is 34.9 Å². The van der Waals surface area contributed by atoms with Gasteiger partial charge < -0.3 is 14.9 Å². The lowest BCUT2D eigenvalue weighted by Gasteiger charge is -2.45. The Balaban J connectivity index is 1.64. The molecule has 7 heteroatoms. The number of aliphatic hydroxyl groups is 1. The van der Waals surface area contributed by atoms with Gasteiger partial charge in [0.15, 0.2) is 0 Å². The van der Waals surface area contributed by atoms with Crippen molar-refractivity contribution >= 4 is 23.4 Å². The van der Waals surface area contributed by atoms with Crippen LogP contribution in [0.3, 0.4) is 0 Å². The third kappa shape index (κ3) is 7.13. The molecule has 1 N–H and O–H groups in total. The molecule has 0 radical (unpaired) electrons. The van der Waals surface area contributed by atoms with E-state index in [2.05, 4.69) is 44.4 Å². The maximum absolute atomic E-state index is 14.5. The summed E-state index contributed by atoms with van der Waals surface area (Å²) in [4.78, 5) is 35.0. The van der Waals surface area contributed by atoms with E-state index in [0.717, 1.165) is 37.8 Å². The maximum atomic E-state index is 14.5. The van der Waals surface area contributed by atoms with Crippen LogP contribution in [0.1, 0.15) is 106 Å². The van der Waals surface area contributed by atoms with Crippen molar-refractivity contribution in [3.63, 3.8) is 0 Å². The number of rotatable bonds is 5. The second-order valence-corrected chi connectivity index (χ2v) is 16.3. The minimum absolute atomic E-state index is 0.0422. The van der Waals surface area contributed by atoms with Crippen molar-refractivity contribution in [2.75, 3.05) is 19.6 Å². The summed E-state index contributed by atoms with van der Waals surface area (Å²) in [5, 5.41) is 11.7. The summed E-state index contributed by atoms with van der Waals surface area (Å²) in [6.45, 7) is 21.0. The molecule has 2 heterocycles. The van der Waals surface area contributed by atoms with Crippen LogP contribution in [0.4, 0.5) is 0 Å². The van der Waals surface area contributed by atoms with Gasteiger partial charge >= 0.3 is 0 Å². The summed E-state index contributed by atoms with van der Waals surface area (Å²) in [6.07, 6.45) is 4.10. The minimum Gasteiger partial charge on any atom is -0.391 e. The van der Waals surface area contributed by atoms with E-state index in [1.54, 1.807) is 6.92 Å². The van der Waals surface area contributed by atoms with Crippen LogP contribution in [0.15, 0.2) is 24.3 Å². The summed E-state index contributed by atoms with van der Waals surface area (Å²) >= 11 is 6.21. The number of amides is 2. The molecule has 2 aliphatic heterocycles. The predicted molar refractivity (Wildman–Crippen MR) is 167 cm³/mol. The molecule has 3 unspecified atom stereocenters. The lowest BCUT2D eigenvalue weighted by molar-refractivity contribution is -0.147. The standard InChI is InChI=1S/C34H54ClN3O3/c1-22(39)29-18-26(38(31(41)32(2,3)4)25-14-16-34(8,9)17-15-25)19-37(29)30(40)28-21-36(33(5,6)7)20-27(28)23-10-12-24(35)13-11-23/h10-13,22,25-29,39H,14-21H2,1-9H3/t22?,26-,27+,28?,29?/m0/s1. The average molecular weight is 588 g/mol. The Labute approximate surface area is 253 Å². The first-order valence-corrected chi connectivity index (χ1v) is 16.1. The van der Waals surface area contributed by atoms with Crippen molar-refractivity contribution in [1.29, 1.82) is 0 Å². The van der Waals surface area contributed by atoms with Gasteiger partial charge in [0.2, 0.25) is 11.8 Å². The second kappa shape index (κ2) is 11.8. The molecule has 1 aromatic rings. The molecule has 1 saturated carbocycles. The molecule has 4 rings (SSSR count). The van der Waals surface area contributed by atoms with Gasteiger partial charge in [-0.25, -0.2) is 0 Å². The summed E-state index contributed by atoms with van der Waals surface area (Å²) < 4.78 is 0. The molecular weight excluding hydrogens is 534 g/mol. The van der Waals surface area contributed by atoms with E-state index in [1.807, 2.05) is 49.9 Å². The number of nitrogens with zero attached hydrogens (tertiary/aromatic N) is 3. The monoisotopic (exact) mass is 587 g/mol. The van der Waals surface area contributed by atoms with E-state index < -0.39 is 11.5 Å². The smallest absolute Gasteiger partial charge is 0.228 e. The maximum Gasteiger partial charge on any atom is 0.228 e. The number of carbonyl (C=O) groups is 2. The van der Waals surface area contributed by atoms with Crippen molar-refractivity contribution in [1.82, 2.24) is 14.7 Å². The minimum atomic E-state index is -0.671. The highest BCUT2D eigenvalue weighted by Crippen LogP contribution is 2.42. The van der Waals surface area contributed by atoms with E-state index >= 15 is 0 Å². The second-order valence-electron chi connectivity index (χ2n) is 15.9. The molecule has 0 aromatic heterocycles. The fraction of sp³-hybridized carbons (Fsp3) is 0.765. The van der Waals surface area contributed by atoms with Crippen LogP contribution in [-0.2, 0) is 9.59 Å². The molecule has 5 atom stereocenters. The SMILES string of the molecule is CC(O)C1C[C@H](N(C(=O)C(C)(C)C)C2CCC(C)(C)CC2)CN1C(=O)C1CN(C(C)(C)C)C[C@@H]1c1ccc(Cl)cc1. The number of hydrogen-bond acceptors (Lipinski definition) is 4. The normalized spacial score (nSPS) is 28.6. The summed E-state index contributed by atoms with van der Waals surface area (Å²) in [6, 6.07) is 7.69. The third-order valence-electron chi connectivity index (χ3n) is 10.0. The van der Waals surface area contributed by atoms with Crippen LogP contribution < -0.4 is 0 Å².